The molecule has 1 rings (SSSR count). The van der Waals surface area contributed by atoms with Crippen molar-refractivity contribution in [3.05, 3.63) is 34.9 Å². The molecule has 0 bridgehead atoms. The van der Waals surface area contributed by atoms with Crippen LogP contribution in [-0.2, 0) is 9.47 Å². The van der Waals surface area contributed by atoms with Crippen molar-refractivity contribution in [2.45, 2.75) is 72.3 Å². The summed E-state index contributed by atoms with van der Waals surface area (Å²) < 4.78 is 10.9. The van der Waals surface area contributed by atoms with Gasteiger partial charge in [0.1, 0.15) is 6.10 Å². The maximum Gasteiger partial charge on any atom is 0.338 e. The Balaban J connectivity index is 2.42. The van der Waals surface area contributed by atoms with E-state index >= 15 is 0 Å². The van der Waals surface area contributed by atoms with Crippen LogP contribution in [0.2, 0.25) is 0 Å². The van der Waals surface area contributed by atoms with E-state index in [4.69, 9.17) is 9.47 Å². The molecule has 3 heteroatoms. The van der Waals surface area contributed by atoms with Crippen LogP contribution in [0.5, 0.6) is 0 Å². The Morgan fingerprint density at radius 1 is 0.958 bits per heavy atom. The number of hydrogen-bond donors (Lipinski definition) is 0. The van der Waals surface area contributed by atoms with Crippen molar-refractivity contribution in [1.82, 2.24) is 0 Å². The summed E-state index contributed by atoms with van der Waals surface area (Å²) in [5, 5.41) is 0. The van der Waals surface area contributed by atoms with Gasteiger partial charge in [0.2, 0.25) is 0 Å². The molecule has 24 heavy (non-hydrogen) atoms. The minimum atomic E-state index is -0.247. The van der Waals surface area contributed by atoms with E-state index in [1.165, 1.54) is 25.7 Å². The lowest BCUT2D eigenvalue weighted by molar-refractivity contribution is 0.00235. The van der Waals surface area contributed by atoms with Crippen molar-refractivity contribution in [2.24, 2.45) is 5.92 Å². The quantitative estimate of drug-likeness (QED) is 0.397. The Bertz CT molecular complexity index is 474. The van der Waals surface area contributed by atoms with Crippen LogP contribution >= 0.6 is 0 Å². The fourth-order valence-electron chi connectivity index (χ4n) is 2.95. The second-order valence-corrected chi connectivity index (χ2v) is 7.24. The number of rotatable bonds is 11. The Labute approximate surface area is 147 Å². The SMILES string of the molecule is COCC(CCCCCCC(C)C)OC(=O)c1cc(C)cc(C)c1. The van der Waals surface area contributed by atoms with E-state index in [0.717, 1.165) is 29.9 Å². The first-order valence-corrected chi connectivity index (χ1v) is 9.20. The summed E-state index contributed by atoms with van der Waals surface area (Å²) in [5.41, 5.74) is 2.79. The highest BCUT2D eigenvalue weighted by Gasteiger charge is 2.16. The molecule has 0 aliphatic heterocycles. The fraction of sp³-hybridized carbons (Fsp3) is 0.667. The van der Waals surface area contributed by atoms with Crippen LogP contribution in [0.3, 0.4) is 0 Å². The van der Waals surface area contributed by atoms with Gasteiger partial charge >= 0.3 is 5.97 Å². The molecule has 136 valence electrons. The third-order valence-corrected chi connectivity index (χ3v) is 4.14. The molecular formula is C21H34O3. The highest BCUT2D eigenvalue weighted by atomic mass is 16.6. The van der Waals surface area contributed by atoms with Gasteiger partial charge in [-0.2, -0.15) is 0 Å². The highest BCUT2D eigenvalue weighted by Crippen LogP contribution is 2.15. The van der Waals surface area contributed by atoms with Crippen LogP contribution < -0.4 is 0 Å². The van der Waals surface area contributed by atoms with E-state index in [-0.39, 0.29) is 12.1 Å². The van der Waals surface area contributed by atoms with Crippen LogP contribution in [0, 0.1) is 19.8 Å². The van der Waals surface area contributed by atoms with Gasteiger partial charge in [0, 0.05) is 7.11 Å². The second kappa shape index (κ2) is 11.2. The standard InChI is InChI=1S/C21H34O3/c1-16(2)10-8-6-7-9-11-20(15-23-5)24-21(22)19-13-17(3)12-18(4)14-19/h12-14,16,20H,6-11,15H2,1-5H3. The molecular weight excluding hydrogens is 300 g/mol. The van der Waals surface area contributed by atoms with Crippen LogP contribution in [-0.4, -0.2) is 25.8 Å². The van der Waals surface area contributed by atoms with Gasteiger partial charge in [-0.25, -0.2) is 4.79 Å². The Kier molecular flexibility index (Phi) is 9.70. The molecule has 0 aliphatic rings. The molecule has 0 spiro atoms. The van der Waals surface area contributed by atoms with Crippen molar-refractivity contribution in [3.63, 3.8) is 0 Å². The smallest absolute Gasteiger partial charge is 0.338 e. The molecule has 1 aromatic rings. The zero-order valence-electron chi connectivity index (χ0n) is 16.1. The van der Waals surface area contributed by atoms with Gasteiger partial charge < -0.3 is 9.47 Å². The highest BCUT2D eigenvalue weighted by molar-refractivity contribution is 5.90. The van der Waals surface area contributed by atoms with Crippen LogP contribution in [0.15, 0.2) is 18.2 Å². The number of methoxy groups -OCH3 is 1. The zero-order valence-corrected chi connectivity index (χ0v) is 16.1. The van der Waals surface area contributed by atoms with Crippen LogP contribution in [0.4, 0.5) is 0 Å². The monoisotopic (exact) mass is 334 g/mol. The lowest BCUT2D eigenvalue weighted by Gasteiger charge is -2.17. The summed E-state index contributed by atoms with van der Waals surface area (Å²) in [7, 11) is 1.65. The average molecular weight is 335 g/mol. The van der Waals surface area contributed by atoms with Crippen molar-refractivity contribution >= 4 is 5.97 Å². The zero-order chi connectivity index (χ0) is 17.9. The molecule has 0 N–H and O–H groups in total. The topological polar surface area (TPSA) is 35.5 Å². The van der Waals surface area contributed by atoms with Gasteiger partial charge in [-0.05, 0) is 44.7 Å². The number of benzene rings is 1. The normalized spacial score (nSPS) is 12.4. The summed E-state index contributed by atoms with van der Waals surface area (Å²) in [5.74, 6) is 0.536. The third-order valence-electron chi connectivity index (χ3n) is 4.14. The Hall–Kier alpha value is -1.35. The first kappa shape index (κ1) is 20.7. The number of ether oxygens (including phenoxy) is 2. The number of unbranched alkanes of at least 4 members (excludes halogenated alkanes) is 3. The third kappa shape index (κ3) is 8.49. The molecule has 0 aliphatic carbocycles. The molecule has 1 unspecified atom stereocenters. The molecule has 0 amide bonds. The fourth-order valence-corrected chi connectivity index (χ4v) is 2.95. The van der Waals surface area contributed by atoms with E-state index in [1.807, 2.05) is 26.0 Å². The number of hydrogen-bond acceptors (Lipinski definition) is 3. The summed E-state index contributed by atoms with van der Waals surface area (Å²) in [6, 6.07) is 5.82. The summed E-state index contributed by atoms with van der Waals surface area (Å²) >= 11 is 0. The summed E-state index contributed by atoms with van der Waals surface area (Å²) in [4.78, 5) is 12.4. The average Bonchev–Trinajstić information content (AvgIpc) is 2.49. The van der Waals surface area contributed by atoms with E-state index in [2.05, 4.69) is 19.9 Å². The maximum atomic E-state index is 12.4. The summed E-state index contributed by atoms with van der Waals surface area (Å²) in [6.45, 7) is 8.98. The minimum Gasteiger partial charge on any atom is -0.456 e. The van der Waals surface area contributed by atoms with Gasteiger partial charge in [0.15, 0.2) is 0 Å². The summed E-state index contributed by atoms with van der Waals surface area (Å²) in [6.07, 6.45) is 6.81. The molecule has 0 radical (unpaired) electrons. The number of esters is 1. The van der Waals surface area contributed by atoms with Gasteiger partial charge in [-0.15, -0.1) is 0 Å². The molecule has 1 aromatic carbocycles. The first-order chi connectivity index (χ1) is 11.4. The van der Waals surface area contributed by atoms with Crippen molar-refractivity contribution in [1.29, 1.82) is 0 Å². The molecule has 0 saturated carbocycles. The lowest BCUT2D eigenvalue weighted by atomic mass is 10.0. The molecule has 0 aromatic heterocycles. The van der Waals surface area contributed by atoms with Crippen molar-refractivity contribution in [2.75, 3.05) is 13.7 Å². The predicted octanol–water partition coefficient (Wildman–Crippen LogP) is 5.47. The lowest BCUT2D eigenvalue weighted by Crippen LogP contribution is -2.23. The molecule has 0 fully saturated rings. The van der Waals surface area contributed by atoms with Gasteiger partial charge in [-0.3, -0.25) is 0 Å². The van der Waals surface area contributed by atoms with E-state index in [9.17, 15) is 4.79 Å². The molecule has 3 nitrogen and oxygen atoms in total. The van der Waals surface area contributed by atoms with Gasteiger partial charge in [0.25, 0.3) is 0 Å². The largest absolute Gasteiger partial charge is 0.456 e. The van der Waals surface area contributed by atoms with Crippen molar-refractivity contribution < 1.29 is 14.3 Å². The Morgan fingerprint density at radius 3 is 2.08 bits per heavy atom. The van der Waals surface area contributed by atoms with Crippen molar-refractivity contribution in [3.8, 4) is 0 Å². The minimum absolute atomic E-state index is 0.159. The molecule has 1 atom stereocenters. The predicted molar refractivity (Wildman–Crippen MR) is 99.5 cm³/mol. The van der Waals surface area contributed by atoms with Crippen LogP contribution in [0.25, 0.3) is 0 Å². The van der Waals surface area contributed by atoms with Gasteiger partial charge in [-0.1, -0.05) is 56.7 Å². The van der Waals surface area contributed by atoms with Gasteiger partial charge in [0.05, 0.1) is 12.2 Å². The van der Waals surface area contributed by atoms with E-state index in [0.29, 0.717) is 12.2 Å². The first-order valence-electron chi connectivity index (χ1n) is 9.20. The molecule has 0 saturated heterocycles. The second-order valence-electron chi connectivity index (χ2n) is 7.24. The number of carbonyl (C=O) groups excluding carboxylic acids is 1. The van der Waals surface area contributed by atoms with E-state index < -0.39 is 0 Å². The van der Waals surface area contributed by atoms with Crippen LogP contribution in [0.1, 0.15) is 73.9 Å². The molecule has 0 heterocycles. The number of aryl methyl sites for hydroxylation is 2. The Morgan fingerprint density at radius 2 is 1.54 bits per heavy atom. The number of carbonyl (C=O) groups is 1. The van der Waals surface area contributed by atoms with E-state index in [1.54, 1.807) is 7.11 Å². The maximum absolute atomic E-state index is 12.4.